The summed E-state index contributed by atoms with van der Waals surface area (Å²) in [4.78, 5) is 10.1. The van der Waals surface area contributed by atoms with Crippen LogP contribution >= 0.6 is 15.9 Å². The number of non-ortho nitro benzene ring substituents is 1. The van der Waals surface area contributed by atoms with Crippen molar-refractivity contribution in [3.8, 4) is 11.5 Å². The molecule has 1 atom stereocenters. The number of hydrogen-bond donors (Lipinski definition) is 1. The molecule has 6 heteroatoms. The Hall–Kier alpha value is -1.92. The van der Waals surface area contributed by atoms with Gasteiger partial charge in [0.1, 0.15) is 11.5 Å². The van der Waals surface area contributed by atoms with E-state index >= 15 is 0 Å². The molecular weight excluding hydrogens is 324 g/mol. The Bertz CT molecular complexity index is 627. The van der Waals surface area contributed by atoms with Crippen molar-refractivity contribution >= 4 is 21.6 Å². The van der Waals surface area contributed by atoms with Crippen LogP contribution in [0.1, 0.15) is 18.5 Å². The molecule has 0 aliphatic heterocycles. The Labute approximate surface area is 124 Å². The Morgan fingerprint density at radius 2 is 1.90 bits per heavy atom. The second kappa shape index (κ2) is 6.02. The smallest absolute Gasteiger partial charge is 0.269 e. The minimum Gasteiger partial charge on any atom is -0.456 e. The van der Waals surface area contributed by atoms with Crippen molar-refractivity contribution in [2.75, 3.05) is 0 Å². The lowest BCUT2D eigenvalue weighted by Gasteiger charge is -2.11. The van der Waals surface area contributed by atoms with Gasteiger partial charge in [0, 0.05) is 18.2 Å². The van der Waals surface area contributed by atoms with Crippen LogP contribution in [0.5, 0.6) is 11.5 Å². The summed E-state index contributed by atoms with van der Waals surface area (Å²) in [5.74, 6) is 1.16. The van der Waals surface area contributed by atoms with E-state index < -0.39 is 4.92 Å². The molecule has 5 nitrogen and oxygen atoms in total. The molecule has 0 aliphatic rings. The lowest BCUT2D eigenvalue weighted by atomic mass is 10.1. The Balaban J connectivity index is 2.19. The summed E-state index contributed by atoms with van der Waals surface area (Å²) in [5.41, 5.74) is 6.83. The third-order valence-corrected chi connectivity index (χ3v) is 3.38. The molecule has 20 heavy (non-hydrogen) atoms. The first-order valence-electron chi connectivity index (χ1n) is 5.94. The second-order valence-corrected chi connectivity index (χ2v) is 5.19. The Morgan fingerprint density at radius 3 is 2.40 bits per heavy atom. The highest BCUT2D eigenvalue weighted by Gasteiger charge is 2.08. The van der Waals surface area contributed by atoms with E-state index in [0.29, 0.717) is 11.5 Å². The maximum atomic E-state index is 10.6. The van der Waals surface area contributed by atoms with E-state index in [1.165, 1.54) is 12.1 Å². The number of nitrogens with zero attached hydrogens (tertiary/aromatic N) is 1. The minimum atomic E-state index is -0.447. The van der Waals surface area contributed by atoms with Crippen molar-refractivity contribution in [1.29, 1.82) is 0 Å². The molecule has 2 aromatic carbocycles. The zero-order valence-electron chi connectivity index (χ0n) is 10.7. The van der Waals surface area contributed by atoms with E-state index in [-0.39, 0.29) is 11.7 Å². The Kier molecular flexibility index (Phi) is 4.36. The fourth-order valence-electron chi connectivity index (χ4n) is 1.65. The van der Waals surface area contributed by atoms with Gasteiger partial charge in [-0.05, 0) is 52.7 Å². The zero-order valence-corrected chi connectivity index (χ0v) is 12.3. The number of rotatable bonds is 4. The molecule has 0 unspecified atom stereocenters. The number of halogens is 1. The summed E-state index contributed by atoms with van der Waals surface area (Å²) in [6.07, 6.45) is 0. The minimum absolute atomic E-state index is 0.0312. The van der Waals surface area contributed by atoms with Crippen molar-refractivity contribution in [2.45, 2.75) is 13.0 Å². The van der Waals surface area contributed by atoms with Crippen LogP contribution in [0.4, 0.5) is 5.69 Å². The van der Waals surface area contributed by atoms with E-state index in [4.69, 9.17) is 10.5 Å². The quantitative estimate of drug-likeness (QED) is 0.671. The molecule has 0 aromatic heterocycles. The van der Waals surface area contributed by atoms with Crippen molar-refractivity contribution < 1.29 is 9.66 Å². The number of nitro benzene ring substituents is 1. The standard InChI is InChI=1S/C14H13BrN2O3/c1-9(16)10-2-7-14(13(15)8-10)20-12-5-3-11(4-6-12)17(18)19/h2-9H,16H2,1H3/t9-/m1/s1. The predicted molar refractivity (Wildman–Crippen MR) is 79.9 cm³/mol. The molecule has 0 heterocycles. The normalized spacial score (nSPS) is 11.9. The number of hydrogen-bond acceptors (Lipinski definition) is 4. The summed E-state index contributed by atoms with van der Waals surface area (Å²) in [6, 6.07) is 11.5. The monoisotopic (exact) mass is 336 g/mol. The highest BCUT2D eigenvalue weighted by molar-refractivity contribution is 9.10. The summed E-state index contributed by atoms with van der Waals surface area (Å²) < 4.78 is 6.45. The lowest BCUT2D eigenvalue weighted by Crippen LogP contribution is -2.04. The van der Waals surface area contributed by atoms with Gasteiger partial charge in [0.25, 0.3) is 5.69 Å². The molecule has 2 N–H and O–H groups in total. The van der Waals surface area contributed by atoms with Crippen LogP contribution in [0.25, 0.3) is 0 Å². The fourth-order valence-corrected chi connectivity index (χ4v) is 2.12. The SMILES string of the molecule is C[C@@H](N)c1ccc(Oc2ccc([N+](=O)[O-])cc2)c(Br)c1. The van der Waals surface area contributed by atoms with Gasteiger partial charge in [-0.3, -0.25) is 10.1 Å². The zero-order chi connectivity index (χ0) is 14.7. The van der Waals surface area contributed by atoms with Gasteiger partial charge < -0.3 is 10.5 Å². The predicted octanol–water partition coefficient (Wildman–Crippen LogP) is 4.17. The molecule has 0 radical (unpaired) electrons. The van der Waals surface area contributed by atoms with Gasteiger partial charge in [0.2, 0.25) is 0 Å². The van der Waals surface area contributed by atoms with Gasteiger partial charge in [0.05, 0.1) is 9.40 Å². The molecule has 0 bridgehead atoms. The molecule has 2 rings (SSSR count). The van der Waals surface area contributed by atoms with Crippen LogP contribution in [0.15, 0.2) is 46.9 Å². The van der Waals surface area contributed by atoms with E-state index in [9.17, 15) is 10.1 Å². The summed E-state index contributed by atoms with van der Waals surface area (Å²) in [7, 11) is 0. The van der Waals surface area contributed by atoms with Gasteiger partial charge in [-0.25, -0.2) is 0 Å². The van der Waals surface area contributed by atoms with Crippen molar-refractivity contribution in [3.05, 3.63) is 62.6 Å². The molecule has 2 aromatic rings. The Morgan fingerprint density at radius 1 is 1.25 bits per heavy atom. The molecule has 104 valence electrons. The van der Waals surface area contributed by atoms with Crippen LogP contribution < -0.4 is 10.5 Å². The van der Waals surface area contributed by atoms with Crippen LogP contribution in [0.3, 0.4) is 0 Å². The molecule has 0 fully saturated rings. The van der Waals surface area contributed by atoms with Gasteiger partial charge in [0.15, 0.2) is 0 Å². The van der Waals surface area contributed by atoms with Crippen molar-refractivity contribution in [2.24, 2.45) is 5.73 Å². The first kappa shape index (κ1) is 14.5. The summed E-state index contributed by atoms with van der Waals surface area (Å²) in [6.45, 7) is 1.90. The molecule has 0 aliphatic carbocycles. The van der Waals surface area contributed by atoms with Crippen LogP contribution in [0.2, 0.25) is 0 Å². The van der Waals surface area contributed by atoms with Crippen LogP contribution in [0, 0.1) is 10.1 Å². The topological polar surface area (TPSA) is 78.4 Å². The number of nitro groups is 1. The molecule has 0 saturated carbocycles. The van der Waals surface area contributed by atoms with E-state index in [1.54, 1.807) is 12.1 Å². The lowest BCUT2D eigenvalue weighted by molar-refractivity contribution is -0.384. The van der Waals surface area contributed by atoms with Crippen LogP contribution in [-0.4, -0.2) is 4.92 Å². The largest absolute Gasteiger partial charge is 0.456 e. The van der Waals surface area contributed by atoms with E-state index in [0.717, 1.165) is 10.0 Å². The van der Waals surface area contributed by atoms with Gasteiger partial charge in [-0.15, -0.1) is 0 Å². The number of benzene rings is 2. The highest BCUT2D eigenvalue weighted by Crippen LogP contribution is 2.32. The number of ether oxygens (including phenoxy) is 1. The third kappa shape index (κ3) is 3.34. The molecule has 0 amide bonds. The first-order valence-corrected chi connectivity index (χ1v) is 6.74. The van der Waals surface area contributed by atoms with Crippen molar-refractivity contribution in [3.63, 3.8) is 0 Å². The van der Waals surface area contributed by atoms with Crippen molar-refractivity contribution in [1.82, 2.24) is 0 Å². The fraction of sp³-hybridized carbons (Fsp3) is 0.143. The highest BCUT2D eigenvalue weighted by atomic mass is 79.9. The summed E-state index contributed by atoms with van der Waals surface area (Å²) in [5, 5.41) is 10.6. The first-order chi connectivity index (χ1) is 9.47. The number of nitrogens with two attached hydrogens (primary N) is 1. The third-order valence-electron chi connectivity index (χ3n) is 2.76. The van der Waals surface area contributed by atoms with E-state index in [1.807, 2.05) is 25.1 Å². The molecule has 0 spiro atoms. The van der Waals surface area contributed by atoms with Gasteiger partial charge in [-0.1, -0.05) is 6.07 Å². The maximum absolute atomic E-state index is 10.6. The van der Waals surface area contributed by atoms with Gasteiger partial charge >= 0.3 is 0 Å². The average Bonchev–Trinajstić information content (AvgIpc) is 2.41. The molecule has 0 saturated heterocycles. The van der Waals surface area contributed by atoms with E-state index in [2.05, 4.69) is 15.9 Å². The molecular formula is C14H13BrN2O3. The van der Waals surface area contributed by atoms with Gasteiger partial charge in [-0.2, -0.15) is 0 Å². The maximum Gasteiger partial charge on any atom is 0.269 e. The summed E-state index contributed by atoms with van der Waals surface area (Å²) >= 11 is 3.42. The average molecular weight is 337 g/mol. The van der Waals surface area contributed by atoms with Crippen LogP contribution in [-0.2, 0) is 0 Å². The second-order valence-electron chi connectivity index (χ2n) is 4.33.